The molecule has 0 aliphatic carbocycles. The minimum atomic E-state index is -1.03. The van der Waals surface area contributed by atoms with Gasteiger partial charge in [-0.2, -0.15) is 0 Å². The van der Waals surface area contributed by atoms with Crippen molar-refractivity contribution in [1.29, 1.82) is 0 Å². The molecule has 1 aliphatic heterocycles. The fourth-order valence-electron chi connectivity index (χ4n) is 1.39. The normalized spacial score (nSPS) is 32.5. The summed E-state index contributed by atoms with van der Waals surface area (Å²) in [7, 11) is 0. The third-order valence-electron chi connectivity index (χ3n) is 2.05. The number of halogens is 2. The zero-order chi connectivity index (χ0) is 10.3. The van der Waals surface area contributed by atoms with Crippen LogP contribution in [0.4, 0.5) is 0 Å². The number of alkyl halides is 2. The van der Waals surface area contributed by atoms with Gasteiger partial charge in [0.05, 0.1) is 0 Å². The topological polar surface area (TPSA) is 38.3 Å². The zero-order valence-electron chi connectivity index (χ0n) is 7.86. The van der Waals surface area contributed by atoms with Gasteiger partial charge in [-0.15, -0.1) is 0 Å². The van der Waals surface area contributed by atoms with Crippen molar-refractivity contribution in [3.8, 4) is 0 Å². The summed E-state index contributed by atoms with van der Waals surface area (Å²) in [6.45, 7) is 5.83. The Morgan fingerprint density at radius 2 is 2.00 bits per heavy atom. The number of carbonyl (C=O) groups is 1. The van der Waals surface area contributed by atoms with Gasteiger partial charge < -0.3 is 4.74 Å². The lowest BCUT2D eigenvalue weighted by molar-refractivity contribution is -0.145. The van der Waals surface area contributed by atoms with Crippen LogP contribution >= 0.6 is 23.2 Å². The number of hydrogen-bond acceptors (Lipinski definition) is 3. The van der Waals surface area contributed by atoms with Crippen molar-refractivity contribution in [2.45, 2.75) is 36.9 Å². The largest absolute Gasteiger partial charge is 0.346 e. The summed E-state index contributed by atoms with van der Waals surface area (Å²) in [5.41, 5.74) is -1.40. The molecule has 5 heteroatoms. The molecule has 0 spiro atoms. The molecule has 1 aliphatic rings. The molecule has 1 atom stereocenters. The van der Waals surface area contributed by atoms with Gasteiger partial charge in [0.2, 0.25) is 0 Å². The number of ether oxygens (including phenoxy) is 1. The molecule has 76 valence electrons. The molecule has 1 heterocycles. The third-order valence-corrected chi connectivity index (χ3v) is 2.45. The summed E-state index contributed by atoms with van der Waals surface area (Å²) >= 11 is 11.0. The number of nitrogens with one attached hydrogen (secondary N) is 1. The van der Waals surface area contributed by atoms with Crippen LogP contribution in [-0.4, -0.2) is 28.5 Å². The van der Waals surface area contributed by atoms with E-state index in [1.54, 1.807) is 6.92 Å². The van der Waals surface area contributed by atoms with E-state index in [0.29, 0.717) is 6.54 Å². The Morgan fingerprint density at radius 3 is 2.31 bits per heavy atom. The molecule has 0 saturated carbocycles. The standard InChI is InChI=1S/C8H13Cl2NO2/c1-7(2)11-4-8(3,13-7)5(12)6(9)10/h6,11H,4H2,1-3H3. The molecule has 0 bridgehead atoms. The third kappa shape index (κ3) is 2.34. The summed E-state index contributed by atoms with van der Waals surface area (Å²) in [5, 5.41) is 3.06. The minimum Gasteiger partial charge on any atom is -0.346 e. The van der Waals surface area contributed by atoms with Crippen molar-refractivity contribution in [2.75, 3.05) is 6.54 Å². The fourth-order valence-corrected chi connectivity index (χ4v) is 1.85. The second kappa shape index (κ2) is 3.39. The smallest absolute Gasteiger partial charge is 0.198 e. The van der Waals surface area contributed by atoms with Crippen molar-refractivity contribution >= 4 is 29.0 Å². The monoisotopic (exact) mass is 225 g/mol. The quantitative estimate of drug-likeness (QED) is 0.724. The second-order valence-corrected chi connectivity index (χ2v) is 4.96. The average molecular weight is 226 g/mol. The Morgan fingerprint density at radius 1 is 1.46 bits per heavy atom. The van der Waals surface area contributed by atoms with Crippen LogP contribution < -0.4 is 5.32 Å². The predicted molar refractivity (Wildman–Crippen MR) is 52.1 cm³/mol. The van der Waals surface area contributed by atoms with Crippen LogP contribution in [0.15, 0.2) is 0 Å². The maximum atomic E-state index is 11.5. The Labute approximate surface area is 87.7 Å². The van der Waals surface area contributed by atoms with E-state index in [-0.39, 0.29) is 5.78 Å². The summed E-state index contributed by atoms with van der Waals surface area (Å²) in [4.78, 5) is 10.5. The number of carbonyl (C=O) groups excluding carboxylic acids is 1. The highest BCUT2D eigenvalue weighted by molar-refractivity contribution is 6.54. The van der Waals surface area contributed by atoms with Gasteiger partial charge in [-0.1, -0.05) is 23.2 Å². The SMILES string of the molecule is CC1(C)NCC(C)(C(=O)C(Cl)Cl)O1. The van der Waals surface area contributed by atoms with Gasteiger partial charge in [-0.05, 0) is 20.8 Å². The summed E-state index contributed by atoms with van der Waals surface area (Å²) in [6, 6.07) is 0. The van der Waals surface area contributed by atoms with Gasteiger partial charge in [0.25, 0.3) is 0 Å². The molecule has 0 aromatic heterocycles. The molecule has 0 radical (unpaired) electrons. The van der Waals surface area contributed by atoms with Crippen molar-refractivity contribution in [3.05, 3.63) is 0 Å². The first-order chi connectivity index (χ1) is 5.77. The van der Waals surface area contributed by atoms with E-state index in [4.69, 9.17) is 27.9 Å². The molecular formula is C8H13Cl2NO2. The maximum Gasteiger partial charge on any atom is 0.198 e. The summed E-state index contributed by atoms with van der Waals surface area (Å²) in [5.74, 6) is -0.297. The Bertz CT molecular complexity index is 230. The molecule has 0 amide bonds. The van der Waals surface area contributed by atoms with Gasteiger partial charge >= 0.3 is 0 Å². The van der Waals surface area contributed by atoms with Gasteiger partial charge in [0.15, 0.2) is 10.6 Å². The van der Waals surface area contributed by atoms with Gasteiger partial charge in [-0.3, -0.25) is 10.1 Å². The molecule has 0 aromatic carbocycles. The zero-order valence-corrected chi connectivity index (χ0v) is 9.37. The van der Waals surface area contributed by atoms with E-state index in [1.165, 1.54) is 0 Å². The lowest BCUT2D eigenvalue weighted by Crippen LogP contribution is -2.42. The Hall–Kier alpha value is 0.170. The van der Waals surface area contributed by atoms with E-state index < -0.39 is 16.2 Å². The van der Waals surface area contributed by atoms with E-state index >= 15 is 0 Å². The molecule has 1 saturated heterocycles. The summed E-state index contributed by atoms with van der Waals surface area (Å²) < 4.78 is 5.53. The predicted octanol–water partition coefficient (Wildman–Crippen LogP) is 1.47. The number of Topliss-reactive ketones (excluding diaryl/α,β-unsaturated/α-hetero) is 1. The lowest BCUT2D eigenvalue weighted by atomic mass is 10.0. The van der Waals surface area contributed by atoms with Gasteiger partial charge in [0.1, 0.15) is 11.3 Å². The van der Waals surface area contributed by atoms with Gasteiger partial charge in [0, 0.05) is 6.54 Å². The molecule has 1 N–H and O–H groups in total. The first kappa shape index (κ1) is 11.2. The highest BCUT2D eigenvalue weighted by Gasteiger charge is 2.47. The first-order valence-corrected chi connectivity index (χ1v) is 4.92. The van der Waals surface area contributed by atoms with Crippen LogP contribution in [0.2, 0.25) is 0 Å². The van der Waals surface area contributed by atoms with E-state index in [1.807, 2.05) is 13.8 Å². The van der Waals surface area contributed by atoms with Crippen LogP contribution in [0.25, 0.3) is 0 Å². The van der Waals surface area contributed by atoms with Crippen LogP contribution in [0.5, 0.6) is 0 Å². The average Bonchev–Trinajstić information content (AvgIpc) is 2.25. The number of hydrogen-bond donors (Lipinski definition) is 1. The van der Waals surface area contributed by atoms with Crippen molar-refractivity contribution < 1.29 is 9.53 Å². The van der Waals surface area contributed by atoms with E-state index in [0.717, 1.165) is 0 Å². The van der Waals surface area contributed by atoms with Crippen molar-refractivity contribution in [1.82, 2.24) is 5.32 Å². The van der Waals surface area contributed by atoms with E-state index in [2.05, 4.69) is 5.32 Å². The first-order valence-electron chi connectivity index (χ1n) is 4.04. The molecule has 1 fully saturated rings. The highest BCUT2D eigenvalue weighted by Crippen LogP contribution is 2.28. The van der Waals surface area contributed by atoms with Crippen molar-refractivity contribution in [2.24, 2.45) is 0 Å². The Balaban J connectivity index is 2.75. The van der Waals surface area contributed by atoms with Crippen LogP contribution in [0.3, 0.4) is 0 Å². The number of ketones is 1. The molecule has 1 unspecified atom stereocenters. The van der Waals surface area contributed by atoms with Crippen LogP contribution in [0, 0.1) is 0 Å². The highest BCUT2D eigenvalue weighted by atomic mass is 35.5. The summed E-state index contributed by atoms with van der Waals surface area (Å²) in [6.07, 6.45) is 0. The van der Waals surface area contributed by atoms with Crippen LogP contribution in [-0.2, 0) is 9.53 Å². The Kier molecular flexibility index (Phi) is 2.93. The lowest BCUT2D eigenvalue weighted by Gasteiger charge is -2.25. The van der Waals surface area contributed by atoms with Gasteiger partial charge in [-0.25, -0.2) is 0 Å². The van der Waals surface area contributed by atoms with Crippen molar-refractivity contribution in [3.63, 3.8) is 0 Å². The molecule has 13 heavy (non-hydrogen) atoms. The number of rotatable bonds is 2. The fraction of sp³-hybridized carbons (Fsp3) is 0.875. The maximum absolute atomic E-state index is 11.5. The van der Waals surface area contributed by atoms with E-state index in [9.17, 15) is 4.79 Å². The van der Waals surface area contributed by atoms with Crippen LogP contribution in [0.1, 0.15) is 20.8 Å². The second-order valence-electron chi connectivity index (χ2n) is 3.86. The molecule has 1 rings (SSSR count). The molecular weight excluding hydrogens is 213 g/mol. The molecule has 3 nitrogen and oxygen atoms in total. The molecule has 0 aromatic rings. The minimum absolute atomic E-state index is 0.297.